The lowest BCUT2D eigenvalue weighted by Gasteiger charge is -2.34. The number of hydrogen-bond acceptors (Lipinski definition) is 2. The van der Waals surface area contributed by atoms with Crippen molar-refractivity contribution in [2.75, 3.05) is 13.1 Å². The van der Waals surface area contributed by atoms with Gasteiger partial charge in [0.1, 0.15) is 17.7 Å². The topological polar surface area (TPSA) is 29.5 Å². The van der Waals surface area contributed by atoms with Crippen LogP contribution >= 0.6 is 0 Å². The van der Waals surface area contributed by atoms with Gasteiger partial charge in [0, 0.05) is 25.9 Å². The average molecular weight is 339 g/mol. The van der Waals surface area contributed by atoms with E-state index in [1.165, 1.54) is 12.1 Å². The van der Waals surface area contributed by atoms with E-state index in [1.54, 1.807) is 12.1 Å². The first-order valence-corrected chi connectivity index (χ1v) is 8.94. The Labute approximate surface area is 147 Å². The van der Waals surface area contributed by atoms with E-state index in [-0.39, 0.29) is 17.8 Å². The van der Waals surface area contributed by atoms with Gasteiger partial charge in [0.15, 0.2) is 0 Å². The zero-order valence-corrected chi connectivity index (χ0v) is 14.2. The highest BCUT2D eigenvalue weighted by Gasteiger charge is 2.53. The minimum Gasteiger partial charge on any atom is -0.490 e. The Bertz CT molecular complexity index is 732. The Morgan fingerprint density at radius 2 is 1.64 bits per heavy atom. The molecule has 2 aromatic rings. The summed E-state index contributed by atoms with van der Waals surface area (Å²) in [6.45, 7) is 1.44. The molecule has 3 nitrogen and oxygen atoms in total. The van der Waals surface area contributed by atoms with Crippen LogP contribution in [-0.2, 0) is 10.2 Å². The van der Waals surface area contributed by atoms with Gasteiger partial charge in [-0.15, -0.1) is 0 Å². The molecule has 1 aliphatic heterocycles. The summed E-state index contributed by atoms with van der Waals surface area (Å²) in [5.41, 5.74) is 0.530. The van der Waals surface area contributed by atoms with E-state index in [2.05, 4.69) is 0 Å². The van der Waals surface area contributed by atoms with Gasteiger partial charge in [-0.05, 0) is 42.7 Å². The fraction of sp³-hybridized carbons (Fsp3) is 0.381. The monoisotopic (exact) mass is 339 g/mol. The van der Waals surface area contributed by atoms with Crippen LogP contribution in [0, 0.1) is 5.82 Å². The standard InChI is InChI=1S/C21H22FNO2/c22-17-8-6-16(7-9-17)21(12-13-21)20(24)23-14-10-19(11-15-23)25-18-4-2-1-3-5-18/h1-9,19H,10-15H2. The number of carbonyl (C=O) groups excluding carboxylic acids is 1. The molecule has 0 atom stereocenters. The molecule has 2 aliphatic rings. The molecule has 1 heterocycles. The number of piperidine rings is 1. The highest BCUT2D eigenvalue weighted by molar-refractivity contribution is 5.91. The Morgan fingerprint density at radius 1 is 1.00 bits per heavy atom. The molecule has 1 aliphatic carbocycles. The van der Waals surface area contributed by atoms with Crippen LogP contribution < -0.4 is 4.74 Å². The number of para-hydroxylation sites is 1. The number of likely N-dealkylation sites (tertiary alicyclic amines) is 1. The molecule has 0 radical (unpaired) electrons. The number of carbonyl (C=O) groups is 1. The number of rotatable bonds is 4. The maximum Gasteiger partial charge on any atom is 0.233 e. The Kier molecular flexibility index (Phi) is 4.20. The fourth-order valence-corrected chi connectivity index (χ4v) is 3.69. The second-order valence-electron chi connectivity index (χ2n) is 7.01. The van der Waals surface area contributed by atoms with E-state index in [0.29, 0.717) is 0 Å². The molecule has 0 aromatic heterocycles. The number of hydrogen-bond donors (Lipinski definition) is 0. The van der Waals surface area contributed by atoms with Crippen molar-refractivity contribution in [3.63, 3.8) is 0 Å². The quantitative estimate of drug-likeness (QED) is 0.845. The van der Waals surface area contributed by atoms with Crippen LogP contribution in [0.5, 0.6) is 5.75 Å². The van der Waals surface area contributed by atoms with Crippen LogP contribution in [0.15, 0.2) is 54.6 Å². The number of ether oxygens (including phenoxy) is 1. The molecule has 2 fully saturated rings. The number of nitrogens with zero attached hydrogens (tertiary/aromatic N) is 1. The zero-order valence-electron chi connectivity index (χ0n) is 14.2. The molecule has 0 spiro atoms. The second-order valence-corrected chi connectivity index (χ2v) is 7.01. The van der Waals surface area contributed by atoms with Crippen LogP contribution in [-0.4, -0.2) is 30.0 Å². The molecule has 130 valence electrons. The third kappa shape index (κ3) is 3.26. The fourth-order valence-electron chi connectivity index (χ4n) is 3.69. The maximum atomic E-state index is 13.2. The van der Waals surface area contributed by atoms with Crippen molar-refractivity contribution in [2.45, 2.75) is 37.2 Å². The van der Waals surface area contributed by atoms with Gasteiger partial charge in [0.25, 0.3) is 0 Å². The minimum absolute atomic E-state index is 0.160. The first-order valence-electron chi connectivity index (χ1n) is 8.94. The summed E-state index contributed by atoms with van der Waals surface area (Å²) in [7, 11) is 0. The van der Waals surface area contributed by atoms with E-state index in [0.717, 1.165) is 50.1 Å². The van der Waals surface area contributed by atoms with Crippen molar-refractivity contribution in [3.8, 4) is 5.75 Å². The predicted octanol–water partition coefficient (Wildman–Crippen LogP) is 3.93. The van der Waals surface area contributed by atoms with Crippen molar-refractivity contribution >= 4 is 5.91 Å². The predicted molar refractivity (Wildman–Crippen MR) is 94.0 cm³/mol. The summed E-state index contributed by atoms with van der Waals surface area (Å²) in [4.78, 5) is 15.0. The average Bonchev–Trinajstić information content (AvgIpc) is 3.45. The van der Waals surface area contributed by atoms with Crippen LogP contribution in [0.2, 0.25) is 0 Å². The maximum absolute atomic E-state index is 13.2. The molecule has 2 aromatic carbocycles. The first kappa shape index (κ1) is 16.1. The van der Waals surface area contributed by atoms with Crippen molar-refractivity contribution < 1.29 is 13.9 Å². The highest BCUT2D eigenvalue weighted by Crippen LogP contribution is 2.49. The third-order valence-electron chi connectivity index (χ3n) is 5.33. The third-order valence-corrected chi connectivity index (χ3v) is 5.33. The Balaban J connectivity index is 1.37. The van der Waals surface area contributed by atoms with Crippen LogP contribution in [0.25, 0.3) is 0 Å². The largest absolute Gasteiger partial charge is 0.490 e. The lowest BCUT2D eigenvalue weighted by molar-refractivity contribution is -0.135. The van der Waals surface area contributed by atoms with Gasteiger partial charge in [0.2, 0.25) is 5.91 Å². The van der Waals surface area contributed by atoms with Gasteiger partial charge in [-0.25, -0.2) is 4.39 Å². The molecule has 0 bridgehead atoms. The molecule has 0 N–H and O–H groups in total. The zero-order chi connectivity index (χ0) is 17.3. The first-order chi connectivity index (χ1) is 12.2. The molecule has 4 heteroatoms. The van der Waals surface area contributed by atoms with E-state index < -0.39 is 5.41 Å². The van der Waals surface area contributed by atoms with Gasteiger partial charge in [-0.2, -0.15) is 0 Å². The summed E-state index contributed by atoms with van der Waals surface area (Å²) in [5.74, 6) is 0.820. The smallest absolute Gasteiger partial charge is 0.233 e. The Morgan fingerprint density at radius 3 is 2.24 bits per heavy atom. The molecule has 1 saturated carbocycles. The second kappa shape index (κ2) is 6.51. The van der Waals surface area contributed by atoms with Crippen LogP contribution in [0.4, 0.5) is 4.39 Å². The molecule has 0 unspecified atom stereocenters. The van der Waals surface area contributed by atoms with Crippen LogP contribution in [0.3, 0.4) is 0 Å². The summed E-state index contributed by atoms with van der Waals surface area (Å²) < 4.78 is 19.2. The number of amides is 1. The van der Waals surface area contributed by atoms with Gasteiger partial charge >= 0.3 is 0 Å². The Hall–Kier alpha value is -2.36. The van der Waals surface area contributed by atoms with E-state index >= 15 is 0 Å². The summed E-state index contributed by atoms with van der Waals surface area (Å²) in [5, 5.41) is 0. The SMILES string of the molecule is O=C(N1CCC(Oc2ccccc2)CC1)C1(c2ccc(F)cc2)CC1. The molecule has 25 heavy (non-hydrogen) atoms. The van der Waals surface area contributed by atoms with Gasteiger partial charge in [0.05, 0.1) is 5.41 Å². The van der Waals surface area contributed by atoms with E-state index in [4.69, 9.17) is 4.74 Å². The van der Waals surface area contributed by atoms with Crippen molar-refractivity contribution in [2.24, 2.45) is 0 Å². The van der Waals surface area contributed by atoms with Crippen molar-refractivity contribution in [3.05, 3.63) is 66.0 Å². The summed E-state index contributed by atoms with van der Waals surface area (Å²) in [6, 6.07) is 16.2. The lowest BCUT2D eigenvalue weighted by atomic mass is 9.93. The van der Waals surface area contributed by atoms with Gasteiger partial charge in [-0.1, -0.05) is 30.3 Å². The van der Waals surface area contributed by atoms with Crippen LogP contribution in [0.1, 0.15) is 31.2 Å². The van der Waals surface area contributed by atoms with E-state index in [1.807, 2.05) is 35.2 Å². The van der Waals surface area contributed by atoms with E-state index in [9.17, 15) is 9.18 Å². The number of benzene rings is 2. The van der Waals surface area contributed by atoms with Crippen molar-refractivity contribution in [1.29, 1.82) is 0 Å². The molecule has 1 amide bonds. The van der Waals surface area contributed by atoms with Crippen molar-refractivity contribution in [1.82, 2.24) is 4.90 Å². The molecular formula is C21H22FNO2. The van der Waals surface area contributed by atoms with Gasteiger partial charge in [-0.3, -0.25) is 4.79 Å². The van der Waals surface area contributed by atoms with Gasteiger partial charge < -0.3 is 9.64 Å². The highest BCUT2D eigenvalue weighted by atomic mass is 19.1. The summed E-state index contributed by atoms with van der Waals surface area (Å²) in [6.07, 6.45) is 3.57. The lowest BCUT2D eigenvalue weighted by Crippen LogP contribution is -2.46. The minimum atomic E-state index is -0.416. The normalized spacial score (nSPS) is 19.5. The molecular weight excluding hydrogens is 317 g/mol. The summed E-state index contributed by atoms with van der Waals surface area (Å²) >= 11 is 0. The molecule has 4 rings (SSSR count). The molecule has 1 saturated heterocycles. The number of halogens is 1.